The van der Waals surface area contributed by atoms with E-state index in [1.54, 1.807) is 18.2 Å². The highest BCUT2D eigenvalue weighted by Gasteiger charge is 2.38. The number of alkyl halides is 3. The molecule has 0 aliphatic heterocycles. The predicted molar refractivity (Wildman–Crippen MR) is 95.8 cm³/mol. The first-order valence-corrected chi connectivity index (χ1v) is 8.19. The second-order valence-electron chi connectivity index (χ2n) is 6.06. The standard InChI is InChI=1S/C19H16F3N3O3/c1-28-14-6-8-25-17(15(14)19(20,21)22)12-5-4-10(9-13(23)18(26)27)11-3-2-7-24-16(11)12/h2-8,13H,9,23H2,1H3,(H,26,27). The Hall–Kier alpha value is -3.20. The average Bonchev–Trinajstić information content (AvgIpc) is 2.66. The molecule has 0 amide bonds. The summed E-state index contributed by atoms with van der Waals surface area (Å²) in [5.41, 5.74) is 5.29. The summed E-state index contributed by atoms with van der Waals surface area (Å²) >= 11 is 0. The minimum atomic E-state index is -4.69. The number of pyridine rings is 2. The van der Waals surface area contributed by atoms with E-state index in [4.69, 9.17) is 15.6 Å². The SMILES string of the molecule is COc1ccnc(-c2ccc(CC(N)C(=O)O)c3cccnc23)c1C(F)(F)F. The summed E-state index contributed by atoms with van der Waals surface area (Å²) in [4.78, 5) is 19.2. The maximum absolute atomic E-state index is 13.7. The molecular weight excluding hydrogens is 375 g/mol. The van der Waals surface area contributed by atoms with Crippen molar-refractivity contribution in [2.24, 2.45) is 5.73 Å². The van der Waals surface area contributed by atoms with Crippen molar-refractivity contribution in [1.82, 2.24) is 9.97 Å². The molecule has 1 aromatic carbocycles. The maximum atomic E-state index is 13.7. The van der Waals surface area contributed by atoms with Crippen LogP contribution in [0.1, 0.15) is 11.1 Å². The van der Waals surface area contributed by atoms with Crippen molar-refractivity contribution >= 4 is 16.9 Å². The highest BCUT2D eigenvalue weighted by Crippen LogP contribution is 2.43. The Balaban J connectivity index is 2.26. The van der Waals surface area contributed by atoms with Gasteiger partial charge >= 0.3 is 12.1 Å². The summed E-state index contributed by atoms with van der Waals surface area (Å²) < 4.78 is 46.0. The number of ether oxygens (including phenoxy) is 1. The van der Waals surface area contributed by atoms with Gasteiger partial charge in [0.15, 0.2) is 0 Å². The first-order valence-electron chi connectivity index (χ1n) is 8.19. The molecule has 1 unspecified atom stereocenters. The van der Waals surface area contributed by atoms with E-state index in [-0.39, 0.29) is 28.9 Å². The van der Waals surface area contributed by atoms with E-state index in [0.29, 0.717) is 10.9 Å². The second kappa shape index (κ2) is 7.43. The lowest BCUT2D eigenvalue weighted by Crippen LogP contribution is -2.32. The number of carboxylic acid groups (broad SMARTS) is 1. The molecule has 146 valence electrons. The van der Waals surface area contributed by atoms with Gasteiger partial charge in [-0.1, -0.05) is 18.2 Å². The van der Waals surface area contributed by atoms with Gasteiger partial charge in [0.25, 0.3) is 0 Å². The number of fused-ring (bicyclic) bond motifs is 1. The highest BCUT2D eigenvalue weighted by molar-refractivity contribution is 5.96. The Morgan fingerprint density at radius 2 is 1.96 bits per heavy atom. The van der Waals surface area contributed by atoms with Gasteiger partial charge in [-0.25, -0.2) is 0 Å². The van der Waals surface area contributed by atoms with Crippen molar-refractivity contribution in [3.05, 3.63) is 53.9 Å². The van der Waals surface area contributed by atoms with Crippen LogP contribution in [0.25, 0.3) is 22.2 Å². The summed E-state index contributed by atoms with van der Waals surface area (Å²) in [7, 11) is 1.15. The second-order valence-corrected chi connectivity index (χ2v) is 6.06. The average molecular weight is 391 g/mol. The van der Waals surface area contributed by atoms with Crippen LogP contribution >= 0.6 is 0 Å². The Kier molecular flexibility index (Phi) is 5.19. The Morgan fingerprint density at radius 1 is 1.21 bits per heavy atom. The van der Waals surface area contributed by atoms with Gasteiger partial charge in [0.2, 0.25) is 0 Å². The van der Waals surface area contributed by atoms with Gasteiger partial charge in [0, 0.05) is 23.3 Å². The van der Waals surface area contributed by atoms with Crippen molar-refractivity contribution in [2.45, 2.75) is 18.6 Å². The van der Waals surface area contributed by atoms with Crippen molar-refractivity contribution in [3.63, 3.8) is 0 Å². The lowest BCUT2D eigenvalue weighted by molar-refractivity contribution is -0.139. The first kappa shape index (κ1) is 19.6. The monoisotopic (exact) mass is 391 g/mol. The predicted octanol–water partition coefficient (Wildman–Crippen LogP) is 3.28. The van der Waals surface area contributed by atoms with Crippen LogP contribution in [0.4, 0.5) is 13.2 Å². The number of carboxylic acids is 1. The molecule has 9 heteroatoms. The van der Waals surface area contributed by atoms with Crippen LogP contribution in [0.5, 0.6) is 5.75 Å². The van der Waals surface area contributed by atoms with Crippen molar-refractivity contribution in [3.8, 4) is 17.0 Å². The molecule has 6 nitrogen and oxygen atoms in total. The molecule has 0 saturated carbocycles. The number of halogens is 3. The molecule has 2 aromatic heterocycles. The number of carbonyl (C=O) groups is 1. The van der Waals surface area contributed by atoms with Crippen LogP contribution in [0.2, 0.25) is 0 Å². The largest absolute Gasteiger partial charge is 0.496 e. The van der Waals surface area contributed by atoms with Crippen molar-refractivity contribution in [2.75, 3.05) is 7.11 Å². The summed E-state index contributed by atoms with van der Waals surface area (Å²) in [6, 6.07) is 6.26. The zero-order valence-electron chi connectivity index (χ0n) is 14.7. The molecule has 3 rings (SSSR count). The molecule has 0 aliphatic rings. The number of rotatable bonds is 5. The third-order valence-electron chi connectivity index (χ3n) is 4.29. The Labute approximate surface area is 157 Å². The first-order chi connectivity index (χ1) is 13.2. The molecule has 3 N–H and O–H groups in total. The summed E-state index contributed by atoms with van der Waals surface area (Å²) in [6.07, 6.45) is -2.01. The lowest BCUT2D eigenvalue weighted by Gasteiger charge is -2.17. The Bertz CT molecular complexity index is 1040. The van der Waals surface area contributed by atoms with Gasteiger partial charge in [0.05, 0.1) is 18.3 Å². The van der Waals surface area contributed by atoms with E-state index in [1.165, 1.54) is 18.5 Å². The molecule has 0 bridgehead atoms. The van der Waals surface area contributed by atoms with Crippen LogP contribution < -0.4 is 10.5 Å². The van der Waals surface area contributed by atoms with Gasteiger partial charge in [-0.2, -0.15) is 13.2 Å². The van der Waals surface area contributed by atoms with Gasteiger partial charge in [-0.3, -0.25) is 14.8 Å². The fourth-order valence-corrected chi connectivity index (χ4v) is 3.02. The van der Waals surface area contributed by atoms with Gasteiger partial charge in [-0.15, -0.1) is 0 Å². The summed E-state index contributed by atoms with van der Waals surface area (Å²) in [6.45, 7) is 0. The van der Waals surface area contributed by atoms with E-state index < -0.39 is 23.8 Å². The van der Waals surface area contributed by atoms with Crippen molar-refractivity contribution < 1.29 is 27.8 Å². The molecule has 28 heavy (non-hydrogen) atoms. The minimum Gasteiger partial charge on any atom is -0.496 e. The molecule has 0 saturated heterocycles. The smallest absolute Gasteiger partial charge is 0.422 e. The van der Waals surface area contributed by atoms with Crippen LogP contribution in [0.3, 0.4) is 0 Å². The zero-order valence-corrected chi connectivity index (χ0v) is 14.7. The summed E-state index contributed by atoms with van der Waals surface area (Å²) in [5.74, 6) is -1.52. The topological polar surface area (TPSA) is 98.3 Å². The number of benzene rings is 1. The van der Waals surface area contributed by atoms with Crippen LogP contribution in [0.15, 0.2) is 42.7 Å². The van der Waals surface area contributed by atoms with E-state index in [2.05, 4.69) is 9.97 Å². The maximum Gasteiger partial charge on any atom is 0.422 e. The molecule has 0 radical (unpaired) electrons. The van der Waals surface area contributed by atoms with Gasteiger partial charge in [0.1, 0.15) is 17.4 Å². The number of aromatic nitrogens is 2. The minimum absolute atomic E-state index is 0.00940. The number of hydrogen-bond donors (Lipinski definition) is 2. The van der Waals surface area contributed by atoms with Gasteiger partial charge in [-0.05, 0) is 24.1 Å². The zero-order chi connectivity index (χ0) is 20.5. The molecule has 3 aromatic rings. The van der Waals surface area contributed by atoms with E-state index in [9.17, 15) is 18.0 Å². The molecular formula is C19H16F3N3O3. The van der Waals surface area contributed by atoms with E-state index >= 15 is 0 Å². The fraction of sp³-hybridized carbons (Fsp3) is 0.211. The number of nitrogens with zero attached hydrogens (tertiary/aromatic N) is 2. The molecule has 0 fully saturated rings. The number of methoxy groups -OCH3 is 1. The third-order valence-corrected chi connectivity index (χ3v) is 4.29. The van der Waals surface area contributed by atoms with E-state index in [0.717, 1.165) is 13.2 Å². The number of hydrogen-bond acceptors (Lipinski definition) is 5. The molecule has 1 atom stereocenters. The molecule has 2 heterocycles. The third kappa shape index (κ3) is 3.61. The highest BCUT2D eigenvalue weighted by atomic mass is 19.4. The number of nitrogens with two attached hydrogens (primary N) is 1. The van der Waals surface area contributed by atoms with Gasteiger partial charge < -0.3 is 15.6 Å². The molecule has 0 aliphatic carbocycles. The van der Waals surface area contributed by atoms with Crippen molar-refractivity contribution in [1.29, 1.82) is 0 Å². The normalized spacial score (nSPS) is 12.8. The van der Waals surface area contributed by atoms with Crippen LogP contribution in [-0.4, -0.2) is 34.2 Å². The lowest BCUT2D eigenvalue weighted by atomic mass is 9.95. The summed E-state index contributed by atoms with van der Waals surface area (Å²) in [5, 5.41) is 9.55. The molecule has 0 spiro atoms. The van der Waals surface area contributed by atoms with E-state index in [1.807, 2.05) is 0 Å². The van der Waals surface area contributed by atoms with Crippen LogP contribution in [0, 0.1) is 0 Å². The Morgan fingerprint density at radius 3 is 2.61 bits per heavy atom. The fourth-order valence-electron chi connectivity index (χ4n) is 3.02. The number of aliphatic carboxylic acids is 1. The quantitative estimate of drug-likeness (QED) is 0.693. The van der Waals surface area contributed by atoms with Crippen LogP contribution in [-0.2, 0) is 17.4 Å².